The number of halogens is 1. The van der Waals surface area contributed by atoms with Crippen LogP contribution in [-0.4, -0.2) is 24.6 Å². The van der Waals surface area contributed by atoms with E-state index in [1.165, 1.54) is 0 Å². The fraction of sp³-hybridized carbons (Fsp3) is 0.556. The van der Waals surface area contributed by atoms with Crippen molar-refractivity contribution in [3.8, 4) is 5.88 Å². The van der Waals surface area contributed by atoms with Crippen LogP contribution in [0.2, 0.25) is 31.0 Å². The topological polar surface area (TPSA) is 35.0 Å². The second kappa shape index (κ2) is 4.75. The third-order valence-electron chi connectivity index (χ3n) is 1.70. The molecule has 0 spiro atoms. The maximum Gasteiger partial charge on any atom is 0.225 e. The smallest absolute Gasteiger partial charge is 0.225 e. The van der Waals surface area contributed by atoms with Crippen LogP contribution in [-0.2, 0) is 0 Å². The average molecular weight is 231 g/mol. The fourth-order valence-electron chi connectivity index (χ4n) is 0.862. The summed E-state index contributed by atoms with van der Waals surface area (Å²) in [5.41, 5.74) is 0. The Labute approximate surface area is 90.5 Å². The van der Waals surface area contributed by atoms with Crippen LogP contribution in [0.3, 0.4) is 0 Å². The molecule has 0 saturated carbocycles. The van der Waals surface area contributed by atoms with Gasteiger partial charge in [0.05, 0.1) is 6.61 Å². The van der Waals surface area contributed by atoms with Crippen LogP contribution < -0.4 is 4.74 Å². The molecule has 0 fully saturated rings. The lowest BCUT2D eigenvalue weighted by atomic mass is 10.6. The summed E-state index contributed by atoms with van der Waals surface area (Å²) >= 11 is 5.62. The molecule has 1 aromatic rings. The Kier molecular flexibility index (Phi) is 3.89. The molecule has 3 nitrogen and oxygen atoms in total. The second-order valence-electron chi connectivity index (χ2n) is 4.32. The molecule has 14 heavy (non-hydrogen) atoms. The SMILES string of the molecule is C[Si](C)(C)CCOc1ccnc(Cl)n1. The highest BCUT2D eigenvalue weighted by atomic mass is 35.5. The number of hydrogen-bond donors (Lipinski definition) is 0. The molecule has 78 valence electrons. The number of rotatable bonds is 4. The van der Waals surface area contributed by atoms with Crippen LogP contribution in [0, 0.1) is 0 Å². The van der Waals surface area contributed by atoms with Gasteiger partial charge in [0.25, 0.3) is 0 Å². The summed E-state index contributed by atoms with van der Waals surface area (Å²) in [6.45, 7) is 7.64. The Morgan fingerprint density at radius 2 is 2.14 bits per heavy atom. The third-order valence-corrected chi connectivity index (χ3v) is 3.59. The molecule has 5 heteroatoms. The lowest BCUT2D eigenvalue weighted by molar-refractivity contribution is 0.324. The first-order chi connectivity index (χ1) is 6.47. The maximum absolute atomic E-state index is 5.62. The molecular weight excluding hydrogens is 216 g/mol. The Morgan fingerprint density at radius 1 is 1.43 bits per heavy atom. The molecule has 1 rings (SSSR count). The Balaban J connectivity index is 2.39. The molecule has 0 aliphatic carbocycles. The van der Waals surface area contributed by atoms with Crippen molar-refractivity contribution in [1.29, 1.82) is 0 Å². The van der Waals surface area contributed by atoms with Gasteiger partial charge in [0.1, 0.15) is 0 Å². The van der Waals surface area contributed by atoms with Crippen molar-refractivity contribution in [3.63, 3.8) is 0 Å². The molecule has 0 aliphatic rings. The maximum atomic E-state index is 5.62. The first-order valence-electron chi connectivity index (χ1n) is 4.59. The third kappa shape index (κ3) is 4.57. The number of nitrogens with zero attached hydrogens (tertiary/aromatic N) is 2. The Morgan fingerprint density at radius 3 is 2.71 bits per heavy atom. The summed E-state index contributed by atoms with van der Waals surface area (Å²) in [4.78, 5) is 7.72. The van der Waals surface area contributed by atoms with E-state index in [-0.39, 0.29) is 5.28 Å². The van der Waals surface area contributed by atoms with Crippen molar-refractivity contribution < 1.29 is 4.74 Å². The standard InChI is InChI=1S/C9H15ClN2OSi/c1-14(2,3)7-6-13-8-4-5-11-9(10)12-8/h4-5H,6-7H2,1-3H3. The predicted molar refractivity (Wildman–Crippen MR) is 60.7 cm³/mol. The van der Waals surface area contributed by atoms with Gasteiger partial charge in [0.15, 0.2) is 0 Å². The van der Waals surface area contributed by atoms with Crippen molar-refractivity contribution >= 4 is 19.7 Å². The van der Waals surface area contributed by atoms with Crippen LogP contribution in [0.15, 0.2) is 12.3 Å². The highest BCUT2D eigenvalue weighted by Gasteiger charge is 2.12. The lowest BCUT2D eigenvalue weighted by Gasteiger charge is -2.15. The molecule has 0 saturated heterocycles. The molecule has 0 aromatic carbocycles. The van der Waals surface area contributed by atoms with E-state index in [4.69, 9.17) is 16.3 Å². The molecule has 1 heterocycles. The molecule has 0 N–H and O–H groups in total. The van der Waals surface area contributed by atoms with E-state index < -0.39 is 8.07 Å². The second-order valence-corrected chi connectivity index (χ2v) is 10.3. The van der Waals surface area contributed by atoms with Crippen molar-refractivity contribution in [2.75, 3.05) is 6.61 Å². The lowest BCUT2D eigenvalue weighted by Crippen LogP contribution is -2.22. The molecule has 1 aromatic heterocycles. The van der Waals surface area contributed by atoms with Gasteiger partial charge in [0.2, 0.25) is 11.2 Å². The van der Waals surface area contributed by atoms with E-state index in [1.807, 2.05) is 0 Å². The van der Waals surface area contributed by atoms with Gasteiger partial charge in [-0.25, -0.2) is 4.98 Å². The van der Waals surface area contributed by atoms with Crippen molar-refractivity contribution in [1.82, 2.24) is 9.97 Å². The fourth-order valence-corrected chi connectivity index (χ4v) is 1.72. The predicted octanol–water partition coefficient (Wildman–Crippen LogP) is 2.85. The number of aromatic nitrogens is 2. The van der Waals surface area contributed by atoms with Crippen LogP contribution in [0.1, 0.15) is 0 Å². The van der Waals surface area contributed by atoms with E-state index >= 15 is 0 Å². The van der Waals surface area contributed by atoms with Gasteiger partial charge >= 0.3 is 0 Å². The minimum absolute atomic E-state index is 0.232. The molecule has 0 atom stereocenters. The highest BCUT2D eigenvalue weighted by molar-refractivity contribution is 6.76. The molecular formula is C9H15ClN2OSi. The summed E-state index contributed by atoms with van der Waals surface area (Å²) in [5, 5.41) is 0.232. The number of ether oxygens (including phenoxy) is 1. The van der Waals surface area contributed by atoms with Crippen molar-refractivity contribution in [2.24, 2.45) is 0 Å². The van der Waals surface area contributed by atoms with Gasteiger partial charge < -0.3 is 4.74 Å². The minimum Gasteiger partial charge on any atom is -0.478 e. The van der Waals surface area contributed by atoms with E-state index in [9.17, 15) is 0 Å². The van der Waals surface area contributed by atoms with Crippen LogP contribution in [0.5, 0.6) is 5.88 Å². The van der Waals surface area contributed by atoms with E-state index in [2.05, 4.69) is 29.6 Å². The first kappa shape index (κ1) is 11.5. The molecule has 0 radical (unpaired) electrons. The zero-order chi connectivity index (χ0) is 10.6. The monoisotopic (exact) mass is 230 g/mol. The Bertz CT molecular complexity index is 301. The van der Waals surface area contributed by atoms with Crippen LogP contribution >= 0.6 is 11.6 Å². The van der Waals surface area contributed by atoms with Crippen LogP contribution in [0.4, 0.5) is 0 Å². The summed E-state index contributed by atoms with van der Waals surface area (Å²) in [6, 6.07) is 2.84. The van der Waals surface area contributed by atoms with E-state index in [0.29, 0.717) is 12.5 Å². The number of hydrogen-bond acceptors (Lipinski definition) is 3. The zero-order valence-corrected chi connectivity index (χ0v) is 10.5. The Hall–Kier alpha value is -0.613. The summed E-state index contributed by atoms with van der Waals surface area (Å²) in [6.07, 6.45) is 1.60. The van der Waals surface area contributed by atoms with Gasteiger partial charge in [-0.2, -0.15) is 4.98 Å². The van der Waals surface area contributed by atoms with Crippen molar-refractivity contribution in [3.05, 3.63) is 17.5 Å². The van der Waals surface area contributed by atoms with Gasteiger partial charge in [-0.1, -0.05) is 19.6 Å². The molecule has 0 bridgehead atoms. The van der Waals surface area contributed by atoms with E-state index in [1.54, 1.807) is 12.3 Å². The van der Waals surface area contributed by atoms with Crippen molar-refractivity contribution in [2.45, 2.75) is 25.7 Å². The summed E-state index contributed by atoms with van der Waals surface area (Å²) in [7, 11) is -1.03. The molecule has 0 amide bonds. The molecule has 0 aliphatic heterocycles. The quantitative estimate of drug-likeness (QED) is 0.590. The van der Waals surface area contributed by atoms with Crippen LogP contribution in [0.25, 0.3) is 0 Å². The summed E-state index contributed by atoms with van der Waals surface area (Å²) < 4.78 is 5.46. The molecule has 0 unspecified atom stereocenters. The zero-order valence-electron chi connectivity index (χ0n) is 8.75. The van der Waals surface area contributed by atoms with Gasteiger partial charge in [0, 0.05) is 20.3 Å². The van der Waals surface area contributed by atoms with Gasteiger partial charge in [-0.15, -0.1) is 0 Å². The first-order valence-corrected chi connectivity index (χ1v) is 8.67. The van der Waals surface area contributed by atoms with Gasteiger partial charge in [-0.05, 0) is 17.6 Å². The van der Waals surface area contributed by atoms with E-state index in [0.717, 1.165) is 6.04 Å². The highest BCUT2D eigenvalue weighted by Crippen LogP contribution is 2.12. The minimum atomic E-state index is -1.03. The largest absolute Gasteiger partial charge is 0.478 e. The van der Waals surface area contributed by atoms with Gasteiger partial charge in [-0.3, -0.25) is 0 Å². The normalized spacial score (nSPS) is 11.4. The average Bonchev–Trinajstić information content (AvgIpc) is 2.01. The summed E-state index contributed by atoms with van der Waals surface area (Å²) in [5.74, 6) is 0.559.